The quantitative estimate of drug-likeness (QED) is 0.470. The minimum Gasteiger partial charge on any atom is -0.502 e. The molecule has 1 aromatic heterocycles. The van der Waals surface area contributed by atoms with E-state index in [0.29, 0.717) is 24.5 Å². The van der Waals surface area contributed by atoms with Crippen LogP contribution in [0.2, 0.25) is 0 Å². The minimum atomic E-state index is -0.586. The molecule has 1 fully saturated rings. The van der Waals surface area contributed by atoms with Crippen molar-refractivity contribution in [2.24, 2.45) is 0 Å². The second-order valence-electron chi connectivity index (χ2n) is 10.3. The number of aromatic hydroxyl groups is 1. The number of hydrogen-bond donors (Lipinski definition) is 1. The SMILES string of the molecule is O=C1c2c(O)c(=O)ccn2N2CN1C1(CCCOc3cc(F)cc4c3[C@@H]2c2ccccc2SC4)CCC1. The first-order chi connectivity index (χ1) is 18.0. The number of hydrogen-bond acceptors (Lipinski definition) is 6. The highest BCUT2D eigenvalue weighted by Crippen LogP contribution is 2.49. The number of fused-ring (bicyclic) bond motifs is 8. The molecule has 4 aliphatic rings. The fraction of sp³-hybridized carbons (Fsp3) is 0.357. The molecule has 7 rings (SSSR count). The zero-order chi connectivity index (χ0) is 25.3. The summed E-state index contributed by atoms with van der Waals surface area (Å²) in [6, 6.07) is 11.9. The average Bonchev–Trinajstić information content (AvgIpc) is 3.03. The third-order valence-electron chi connectivity index (χ3n) is 8.33. The van der Waals surface area contributed by atoms with E-state index < -0.39 is 17.2 Å². The fourth-order valence-corrected chi connectivity index (χ4v) is 7.46. The van der Waals surface area contributed by atoms with Crippen molar-refractivity contribution >= 4 is 17.7 Å². The monoisotopic (exact) mass is 519 g/mol. The second-order valence-corrected chi connectivity index (χ2v) is 11.3. The first-order valence-electron chi connectivity index (χ1n) is 12.7. The van der Waals surface area contributed by atoms with Crippen LogP contribution in [0.1, 0.15) is 65.3 Å². The van der Waals surface area contributed by atoms with Gasteiger partial charge in [-0.2, -0.15) is 0 Å². The Morgan fingerprint density at radius 3 is 2.70 bits per heavy atom. The van der Waals surface area contributed by atoms with Gasteiger partial charge in [0.25, 0.3) is 5.91 Å². The van der Waals surface area contributed by atoms with E-state index in [-0.39, 0.29) is 29.6 Å². The van der Waals surface area contributed by atoms with E-state index in [1.165, 1.54) is 12.1 Å². The van der Waals surface area contributed by atoms with Crippen LogP contribution in [-0.4, -0.2) is 39.4 Å². The summed E-state index contributed by atoms with van der Waals surface area (Å²) >= 11 is 1.64. The van der Waals surface area contributed by atoms with Crippen molar-refractivity contribution in [3.05, 3.63) is 87.1 Å². The van der Waals surface area contributed by atoms with Crippen molar-refractivity contribution in [3.8, 4) is 11.5 Å². The van der Waals surface area contributed by atoms with Gasteiger partial charge in [-0.1, -0.05) is 18.2 Å². The second kappa shape index (κ2) is 8.28. The Labute approximate surface area is 217 Å². The molecule has 0 radical (unpaired) electrons. The Bertz CT molecular complexity index is 1500. The van der Waals surface area contributed by atoms with Crippen LogP contribution in [0.3, 0.4) is 0 Å². The number of halogens is 1. The number of nitrogens with zero attached hydrogens (tertiary/aromatic N) is 3. The molecule has 2 bridgehead atoms. The Morgan fingerprint density at radius 2 is 1.89 bits per heavy atom. The molecule has 1 aliphatic carbocycles. The summed E-state index contributed by atoms with van der Waals surface area (Å²) in [7, 11) is 0. The van der Waals surface area contributed by atoms with E-state index in [4.69, 9.17) is 4.74 Å². The lowest BCUT2D eigenvalue weighted by molar-refractivity contribution is -0.00211. The summed E-state index contributed by atoms with van der Waals surface area (Å²) in [6.45, 7) is 0.686. The van der Waals surface area contributed by atoms with E-state index >= 15 is 0 Å². The molecule has 0 saturated heterocycles. The van der Waals surface area contributed by atoms with Crippen LogP contribution in [0, 0.1) is 5.82 Å². The topological polar surface area (TPSA) is 75.0 Å². The lowest BCUT2D eigenvalue weighted by Crippen LogP contribution is -2.65. The van der Waals surface area contributed by atoms with Gasteiger partial charge in [-0.05, 0) is 55.4 Å². The number of amides is 1. The molecule has 190 valence electrons. The van der Waals surface area contributed by atoms with E-state index in [2.05, 4.69) is 12.1 Å². The highest BCUT2D eigenvalue weighted by molar-refractivity contribution is 7.98. The summed E-state index contributed by atoms with van der Waals surface area (Å²) in [5.41, 5.74) is 1.70. The first kappa shape index (κ1) is 22.7. The summed E-state index contributed by atoms with van der Waals surface area (Å²) in [5.74, 6) is -0.154. The normalized spacial score (nSPS) is 21.5. The van der Waals surface area contributed by atoms with Crippen LogP contribution in [0.4, 0.5) is 4.39 Å². The highest BCUT2D eigenvalue weighted by atomic mass is 32.2. The molecule has 9 heteroatoms. The van der Waals surface area contributed by atoms with Crippen molar-refractivity contribution < 1.29 is 19.0 Å². The maximum absolute atomic E-state index is 14.8. The number of carbonyl (C=O) groups excluding carboxylic acids is 1. The predicted octanol–water partition coefficient (Wildman–Crippen LogP) is 4.53. The number of benzene rings is 2. The summed E-state index contributed by atoms with van der Waals surface area (Å²) in [6.07, 6.45) is 5.72. The Balaban J connectivity index is 1.55. The molecule has 1 saturated carbocycles. The highest BCUT2D eigenvalue weighted by Gasteiger charge is 2.50. The number of thioether (sulfide) groups is 1. The molecule has 1 spiro atoms. The summed E-state index contributed by atoms with van der Waals surface area (Å²) < 4.78 is 22.8. The number of carbonyl (C=O) groups is 1. The third kappa shape index (κ3) is 3.32. The largest absolute Gasteiger partial charge is 0.502 e. The molecule has 7 nitrogen and oxygen atoms in total. The molecule has 2 aromatic carbocycles. The lowest BCUT2D eigenvalue weighted by Gasteiger charge is -2.55. The van der Waals surface area contributed by atoms with Crippen LogP contribution < -0.4 is 15.2 Å². The van der Waals surface area contributed by atoms with Gasteiger partial charge in [0.2, 0.25) is 5.43 Å². The molecule has 1 atom stereocenters. The zero-order valence-corrected chi connectivity index (χ0v) is 21.0. The third-order valence-corrected chi connectivity index (χ3v) is 9.46. The van der Waals surface area contributed by atoms with Crippen molar-refractivity contribution in [2.45, 2.75) is 54.3 Å². The van der Waals surface area contributed by atoms with Gasteiger partial charge in [0.05, 0.1) is 6.61 Å². The van der Waals surface area contributed by atoms with Crippen LogP contribution in [0.15, 0.2) is 58.4 Å². The Morgan fingerprint density at radius 1 is 1.08 bits per heavy atom. The molecular weight excluding hydrogens is 493 g/mol. The van der Waals surface area contributed by atoms with Crippen molar-refractivity contribution in [2.75, 3.05) is 18.3 Å². The van der Waals surface area contributed by atoms with Gasteiger partial charge < -0.3 is 14.7 Å². The maximum atomic E-state index is 14.8. The molecule has 3 aliphatic heterocycles. The van der Waals surface area contributed by atoms with Crippen LogP contribution >= 0.6 is 11.8 Å². The number of ether oxygens (including phenoxy) is 1. The molecule has 1 amide bonds. The van der Waals surface area contributed by atoms with Gasteiger partial charge in [-0.15, -0.1) is 11.8 Å². The predicted molar refractivity (Wildman–Crippen MR) is 137 cm³/mol. The van der Waals surface area contributed by atoms with Gasteiger partial charge in [-0.3, -0.25) is 19.3 Å². The average molecular weight is 520 g/mol. The smallest absolute Gasteiger partial charge is 0.278 e. The molecule has 0 unspecified atom stereocenters. The van der Waals surface area contributed by atoms with Crippen molar-refractivity contribution in [1.29, 1.82) is 0 Å². The zero-order valence-electron chi connectivity index (χ0n) is 20.2. The van der Waals surface area contributed by atoms with E-state index in [1.807, 2.05) is 22.0 Å². The number of pyridine rings is 1. The van der Waals surface area contributed by atoms with Gasteiger partial charge in [0.1, 0.15) is 24.3 Å². The van der Waals surface area contributed by atoms with Gasteiger partial charge in [0.15, 0.2) is 11.4 Å². The number of rotatable bonds is 0. The molecular formula is C28H26FN3O4S. The van der Waals surface area contributed by atoms with Gasteiger partial charge in [-0.25, -0.2) is 4.39 Å². The van der Waals surface area contributed by atoms with E-state index in [9.17, 15) is 19.1 Å². The summed E-state index contributed by atoms with van der Waals surface area (Å²) in [4.78, 5) is 29.4. The maximum Gasteiger partial charge on any atom is 0.278 e. The fourth-order valence-electron chi connectivity index (χ4n) is 6.38. The van der Waals surface area contributed by atoms with Crippen LogP contribution in [-0.2, 0) is 5.75 Å². The van der Waals surface area contributed by atoms with E-state index in [1.54, 1.807) is 28.7 Å². The standard InChI is InChI=1S/C28H26FN3O4S/c29-18-13-17-15-37-22-6-2-1-5-19(22)24-23(17)21(14-18)36-12-4-10-28(8-3-9-28)30-16-32(24)31-11-7-20(33)26(34)25(31)27(30)35/h1-2,5-7,11,13-14,24,34H,3-4,8-10,12,15-16H2/t24-/m0/s1. The van der Waals surface area contributed by atoms with Gasteiger partial charge >= 0.3 is 0 Å². The minimum absolute atomic E-state index is 0.0233. The Hall–Kier alpha value is -3.46. The number of aromatic nitrogens is 1. The van der Waals surface area contributed by atoms with Crippen molar-refractivity contribution in [1.82, 2.24) is 9.58 Å². The van der Waals surface area contributed by atoms with Crippen LogP contribution in [0.5, 0.6) is 11.5 Å². The van der Waals surface area contributed by atoms with Crippen molar-refractivity contribution in [3.63, 3.8) is 0 Å². The van der Waals surface area contributed by atoms with E-state index in [0.717, 1.165) is 47.3 Å². The Kier molecular flexibility index (Phi) is 5.08. The molecule has 3 aromatic rings. The lowest BCUT2D eigenvalue weighted by atomic mass is 9.72. The summed E-state index contributed by atoms with van der Waals surface area (Å²) in [5, 5.41) is 12.9. The first-order valence-corrected chi connectivity index (χ1v) is 13.7. The molecule has 1 N–H and O–H groups in total. The molecule has 4 heterocycles. The van der Waals surface area contributed by atoms with Crippen LogP contribution in [0.25, 0.3) is 0 Å². The molecule has 37 heavy (non-hydrogen) atoms. The van der Waals surface area contributed by atoms with Gasteiger partial charge in [0, 0.05) is 40.1 Å².